The Morgan fingerprint density at radius 1 is 1.19 bits per heavy atom. The number of carbonyl (C=O) groups excluding carboxylic acids is 1. The van der Waals surface area contributed by atoms with Crippen LogP contribution in [0.5, 0.6) is 0 Å². The van der Waals surface area contributed by atoms with Gasteiger partial charge in [0.25, 0.3) is 0 Å². The second kappa shape index (κ2) is 8.71. The molecular formula is C20H30N4OS. The third-order valence-electron chi connectivity index (χ3n) is 4.12. The van der Waals surface area contributed by atoms with Crippen molar-refractivity contribution in [2.75, 3.05) is 0 Å². The molecule has 0 saturated carbocycles. The monoisotopic (exact) mass is 374 g/mol. The standard InChI is InChI=1S/C20H30N4OS/c1-14(2)12-24-18(11-10-17(21)25)22-23-19(24)26-13-15-6-8-16(9-7-15)20(3,4)5/h6-9,14H,10-13H2,1-5H3,(H2,21,25). The zero-order valence-corrected chi connectivity index (χ0v) is 17.3. The van der Waals surface area contributed by atoms with Crippen molar-refractivity contribution in [2.24, 2.45) is 11.7 Å². The van der Waals surface area contributed by atoms with Gasteiger partial charge < -0.3 is 10.3 Å². The van der Waals surface area contributed by atoms with E-state index in [-0.39, 0.29) is 11.3 Å². The minimum Gasteiger partial charge on any atom is -0.370 e. The molecule has 0 unspecified atom stereocenters. The molecule has 0 bridgehead atoms. The topological polar surface area (TPSA) is 73.8 Å². The van der Waals surface area contributed by atoms with Crippen LogP contribution in [0.3, 0.4) is 0 Å². The zero-order valence-electron chi connectivity index (χ0n) is 16.5. The largest absolute Gasteiger partial charge is 0.370 e. The number of carbonyl (C=O) groups is 1. The van der Waals surface area contributed by atoms with Crippen molar-refractivity contribution in [3.8, 4) is 0 Å². The lowest BCUT2D eigenvalue weighted by Gasteiger charge is -2.19. The minimum atomic E-state index is -0.308. The maximum absolute atomic E-state index is 11.1. The SMILES string of the molecule is CC(C)Cn1c(CCC(N)=O)nnc1SCc1ccc(C(C)(C)C)cc1. The van der Waals surface area contributed by atoms with E-state index >= 15 is 0 Å². The zero-order chi connectivity index (χ0) is 19.3. The fourth-order valence-electron chi connectivity index (χ4n) is 2.64. The summed E-state index contributed by atoms with van der Waals surface area (Å²) < 4.78 is 2.13. The van der Waals surface area contributed by atoms with Crippen LogP contribution < -0.4 is 5.73 Å². The molecule has 1 heterocycles. The van der Waals surface area contributed by atoms with E-state index in [0.29, 0.717) is 18.8 Å². The molecule has 0 saturated heterocycles. The van der Waals surface area contributed by atoms with Crippen LogP contribution in [0.15, 0.2) is 29.4 Å². The summed E-state index contributed by atoms with van der Waals surface area (Å²) in [6.45, 7) is 11.8. The lowest BCUT2D eigenvalue weighted by atomic mass is 9.87. The van der Waals surface area contributed by atoms with Crippen molar-refractivity contribution in [1.29, 1.82) is 0 Å². The lowest BCUT2D eigenvalue weighted by Crippen LogP contribution is -2.15. The lowest BCUT2D eigenvalue weighted by molar-refractivity contribution is -0.118. The number of nitrogens with two attached hydrogens (primary N) is 1. The normalized spacial score (nSPS) is 11.9. The van der Waals surface area contributed by atoms with Gasteiger partial charge in [0.15, 0.2) is 5.16 Å². The smallest absolute Gasteiger partial charge is 0.217 e. The molecule has 6 heteroatoms. The molecule has 2 N–H and O–H groups in total. The quantitative estimate of drug-likeness (QED) is 0.710. The molecule has 0 aliphatic heterocycles. The first-order valence-corrected chi connectivity index (χ1v) is 10.1. The van der Waals surface area contributed by atoms with Gasteiger partial charge >= 0.3 is 0 Å². The number of aromatic nitrogens is 3. The van der Waals surface area contributed by atoms with Gasteiger partial charge in [0.1, 0.15) is 5.82 Å². The summed E-state index contributed by atoms with van der Waals surface area (Å²) in [5.74, 6) is 1.85. The van der Waals surface area contributed by atoms with Crippen LogP contribution >= 0.6 is 11.8 Å². The molecule has 0 aliphatic carbocycles. The summed E-state index contributed by atoms with van der Waals surface area (Å²) in [6.07, 6.45) is 0.838. The number of amides is 1. The highest BCUT2D eigenvalue weighted by Gasteiger charge is 2.16. The van der Waals surface area contributed by atoms with Crippen molar-refractivity contribution >= 4 is 17.7 Å². The van der Waals surface area contributed by atoms with Gasteiger partial charge in [-0.3, -0.25) is 4.79 Å². The number of rotatable bonds is 8. The summed E-state index contributed by atoms with van der Waals surface area (Å²) in [4.78, 5) is 11.1. The van der Waals surface area contributed by atoms with Crippen LogP contribution in [-0.2, 0) is 28.9 Å². The molecule has 26 heavy (non-hydrogen) atoms. The third-order valence-corrected chi connectivity index (χ3v) is 5.16. The summed E-state index contributed by atoms with van der Waals surface area (Å²) >= 11 is 1.68. The molecular weight excluding hydrogens is 344 g/mol. The van der Waals surface area contributed by atoms with Gasteiger partial charge in [-0.05, 0) is 22.5 Å². The third kappa shape index (κ3) is 5.87. The fraction of sp³-hybridized carbons (Fsp3) is 0.550. The number of nitrogens with zero attached hydrogens (tertiary/aromatic N) is 3. The van der Waals surface area contributed by atoms with E-state index < -0.39 is 0 Å². The highest BCUT2D eigenvalue weighted by atomic mass is 32.2. The maximum atomic E-state index is 11.1. The van der Waals surface area contributed by atoms with E-state index in [4.69, 9.17) is 5.73 Å². The van der Waals surface area contributed by atoms with Gasteiger partial charge in [-0.15, -0.1) is 10.2 Å². The molecule has 1 amide bonds. The Balaban J connectivity index is 2.09. The number of benzene rings is 1. The van der Waals surface area contributed by atoms with Gasteiger partial charge in [-0.1, -0.05) is 70.6 Å². The number of primary amides is 1. The molecule has 2 rings (SSSR count). The van der Waals surface area contributed by atoms with Crippen molar-refractivity contribution in [3.63, 3.8) is 0 Å². The predicted octanol–water partition coefficient (Wildman–Crippen LogP) is 3.94. The fourth-order valence-corrected chi connectivity index (χ4v) is 3.57. The Hall–Kier alpha value is -1.82. The van der Waals surface area contributed by atoms with Crippen molar-refractivity contribution in [1.82, 2.24) is 14.8 Å². The Morgan fingerprint density at radius 3 is 2.38 bits per heavy atom. The van der Waals surface area contributed by atoms with Gasteiger partial charge in [0, 0.05) is 25.1 Å². The molecule has 142 valence electrons. The first-order chi connectivity index (χ1) is 12.2. The van der Waals surface area contributed by atoms with E-state index in [1.807, 2.05) is 0 Å². The number of hydrogen-bond acceptors (Lipinski definition) is 4. The van der Waals surface area contributed by atoms with E-state index in [1.165, 1.54) is 11.1 Å². The Kier molecular flexibility index (Phi) is 6.87. The average Bonchev–Trinajstić information content (AvgIpc) is 2.91. The summed E-state index contributed by atoms with van der Waals surface area (Å²) in [7, 11) is 0. The minimum absolute atomic E-state index is 0.165. The predicted molar refractivity (Wildman–Crippen MR) is 107 cm³/mol. The van der Waals surface area contributed by atoms with Crippen LogP contribution in [0.25, 0.3) is 0 Å². The van der Waals surface area contributed by atoms with Crippen LogP contribution in [0.4, 0.5) is 0 Å². The summed E-state index contributed by atoms with van der Waals surface area (Å²) in [6, 6.07) is 8.77. The molecule has 0 spiro atoms. The average molecular weight is 375 g/mol. The number of hydrogen-bond donors (Lipinski definition) is 1. The summed E-state index contributed by atoms with van der Waals surface area (Å²) in [5, 5.41) is 9.53. The molecule has 0 atom stereocenters. The van der Waals surface area contributed by atoms with Crippen LogP contribution in [0.2, 0.25) is 0 Å². The van der Waals surface area contributed by atoms with E-state index in [9.17, 15) is 4.79 Å². The van der Waals surface area contributed by atoms with Crippen LogP contribution in [-0.4, -0.2) is 20.7 Å². The molecule has 0 fully saturated rings. The van der Waals surface area contributed by atoms with E-state index in [1.54, 1.807) is 11.8 Å². The molecule has 1 aromatic carbocycles. The van der Waals surface area contributed by atoms with Gasteiger partial charge in [0.2, 0.25) is 5.91 Å². The Labute approximate surface area is 160 Å². The van der Waals surface area contributed by atoms with E-state index in [0.717, 1.165) is 23.3 Å². The van der Waals surface area contributed by atoms with Crippen LogP contribution in [0.1, 0.15) is 58.0 Å². The highest BCUT2D eigenvalue weighted by molar-refractivity contribution is 7.98. The summed E-state index contributed by atoms with van der Waals surface area (Å²) in [5.41, 5.74) is 8.04. The molecule has 0 radical (unpaired) electrons. The van der Waals surface area contributed by atoms with Crippen molar-refractivity contribution < 1.29 is 4.79 Å². The Bertz CT molecular complexity index is 729. The molecule has 1 aromatic heterocycles. The van der Waals surface area contributed by atoms with Gasteiger partial charge in [0.05, 0.1) is 0 Å². The maximum Gasteiger partial charge on any atom is 0.217 e. The molecule has 0 aliphatic rings. The highest BCUT2D eigenvalue weighted by Crippen LogP contribution is 2.26. The second-order valence-electron chi connectivity index (χ2n) is 8.11. The van der Waals surface area contributed by atoms with Gasteiger partial charge in [-0.25, -0.2) is 0 Å². The number of thioether (sulfide) groups is 1. The first kappa shape index (κ1) is 20.5. The molecule has 5 nitrogen and oxygen atoms in total. The second-order valence-corrected chi connectivity index (χ2v) is 9.05. The molecule has 2 aromatic rings. The van der Waals surface area contributed by atoms with Gasteiger partial charge in [-0.2, -0.15) is 0 Å². The first-order valence-electron chi connectivity index (χ1n) is 9.09. The van der Waals surface area contributed by atoms with Crippen LogP contribution in [0, 0.1) is 5.92 Å². The van der Waals surface area contributed by atoms with E-state index in [2.05, 4.69) is 73.6 Å². The number of aryl methyl sites for hydroxylation is 1. The Morgan fingerprint density at radius 2 is 1.85 bits per heavy atom. The van der Waals surface area contributed by atoms with Crippen molar-refractivity contribution in [2.45, 2.75) is 70.3 Å². The van der Waals surface area contributed by atoms with Crippen molar-refractivity contribution in [3.05, 3.63) is 41.2 Å².